The molecule has 1 N–H and O–H groups in total. The van der Waals surface area contributed by atoms with E-state index >= 15 is 0 Å². The van der Waals surface area contributed by atoms with Crippen LogP contribution in [0.25, 0.3) is 10.9 Å². The van der Waals surface area contributed by atoms with Gasteiger partial charge in [0.2, 0.25) is 5.88 Å². The molecule has 0 unspecified atom stereocenters. The first-order valence-corrected chi connectivity index (χ1v) is 4.91. The zero-order valence-corrected chi connectivity index (χ0v) is 9.04. The second-order valence-corrected chi connectivity index (χ2v) is 3.54. The summed E-state index contributed by atoms with van der Waals surface area (Å²) in [7, 11) is 1.79. The van der Waals surface area contributed by atoms with Crippen molar-refractivity contribution in [1.29, 1.82) is 0 Å². The molecule has 0 radical (unpaired) electrons. The van der Waals surface area contributed by atoms with Crippen molar-refractivity contribution in [2.24, 2.45) is 7.05 Å². The number of aryl methyl sites for hydroxylation is 1. The molecule has 16 heavy (non-hydrogen) atoms. The van der Waals surface area contributed by atoms with Crippen LogP contribution >= 0.6 is 0 Å². The van der Waals surface area contributed by atoms with Crippen molar-refractivity contribution in [3.05, 3.63) is 24.3 Å². The Labute approximate surface area is 92.2 Å². The van der Waals surface area contributed by atoms with Crippen molar-refractivity contribution < 1.29 is 14.6 Å². The van der Waals surface area contributed by atoms with Gasteiger partial charge in [-0.25, -0.2) is 4.79 Å². The molecule has 0 aliphatic heterocycles. The molecule has 1 aromatic heterocycles. The van der Waals surface area contributed by atoms with Gasteiger partial charge in [0.25, 0.3) is 0 Å². The predicted octanol–water partition coefficient (Wildman–Crippen LogP) is 1.43. The maximum Gasteiger partial charge on any atom is 0.344 e. The van der Waals surface area contributed by atoms with Gasteiger partial charge in [0.1, 0.15) is 0 Å². The van der Waals surface area contributed by atoms with Gasteiger partial charge in [0.15, 0.2) is 6.10 Å². The average Bonchev–Trinajstić information content (AvgIpc) is 2.57. The number of nitrogens with zero attached hydrogens (tertiary/aromatic N) is 2. The summed E-state index contributed by atoms with van der Waals surface area (Å²) in [5.74, 6) is -0.650. The summed E-state index contributed by atoms with van der Waals surface area (Å²) in [5.41, 5.74) is 0.912. The second kappa shape index (κ2) is 3.84. The first kappa shape index (κ1) is 10.5. The molecule has 84 valence electrons. The average molecular weight is 220 g/mol. The quantitative estimate of drug-likeness (QED) is 0.849. The van der Waals surface area contributed by atoms with E-state index in [0.29, 0.717) is 5.88 Å². The lowest BCUT2D eigenvalue weighted by molar-refractivity contribution is -0.144. The molecule has 0 saturated carbocycles. The van der Waals surface area contributed by atoms with Gasteiger partial charge in [0.05, 0.1) is 10.9 Å². The fourth-order valence-electron chi connectivity index (χ4n) is 1.49. The highest BCUT2D eigenvalue weighted by Crippen LogP contribution is 2.24. The van der Waals surface area contributed by atoms with Crippen LogP contribution in [0.2, 0.25) is 0 Å². The fourth-order valence-corrected chi connectivity index (χ4v) is 1.49. The molecule has 0 saturated heterocycles. The van der Waals surface area contributed by atoms with Crippen LogP contribution in [0.3, 0.4) is 0 Å². The Hall–Kier alpha value is -2.04. The third-order valence-electron chi connectivity index (χ3n) is 2.36. The highest BCUT2D eigenvalue weighted by atomic mass is 16.5. The van der Waals surface area contributed by atoms with Crippen LogP contribution in [0, 0.1) is 0 Å². The monoisotopic (exact) mass is 220 g/mol. The van der Waals surface area contributed by atoms with E-state index in [1.165, 1.54) is 6.92 Å². The Morgan fingerprint density at radius 1 is 1.50 bits per heavy atom. The number of para-hydroxylation sites is 1. The van der Waals surface area contributed by atoms with E-state index in [1.54, 1.807) is 11.7 Å². The van der Waals surface area contributed by atoms with E-state index in [0.717, 1.165) is 10.9 Å². The van der Waals surface area contributed by atoms with Gasteiger partial charge in [-0.1, -0.05) is 12.1 Å². The molecule has 0 amide bonds. The number of aromatic nitrogens is 2. The summed E-state index contributed by atoms with van der Waals surface area (Å²) in [4.78, 5) is 10.7. The number of carboxylic acids is 1. The standard InChI is InChI=1S/C11H12N2O3/c1-7(11(14)15)16-10-8-5-3-4-6-9(8)13(2)12-10/h3-7H,1-2H3,(H,14,15)/t7-/m0/s1. The maximum atomic E-state index is 10.7. The Bertz CT molecular complexity index is 533. The SMILES string of the molecule is C[C@H](Oc1nn(C)c2ccccc12)C(=O)O. The first-order valence-electron chi connectivity index (χ1n) is 4.91. The first-order chi connectivity index (χ1) is 7.59. The van der Waals surface area contributed by atoms with Crippen LogP contribution in [-0.4, -0.2) is 27.0 Å². The van der Waals surface area contributed by atoms with Crippen LogP contribution in [0.5, 0.6) is 5.88 Å². The molecule has 1 atom stereocenters. The molecule has 2 aromatic rings. The van der Waals surface area contributed by atoms with E-state index < -0.39 is 12.1 Å². The lowest BCUT2D eigenvalue weighted by Crippen LogP contribution is -2.23. The minimum Gasteiger partial charge on any atom is -0.479 e. The number of hydrogen-bond acceptors (Lipinski definition) is 3. The minimum absolute atomic E-state index is 0.355. The summed E-state index contributed by atoms with van der Waals surface area (Å²) in [6, 6.07) is 7.52. The largest absolute Gasteiger partial charge is 0.479 e. The van der Waals surface area contributed by atoms with Crippen molar-refractivity contribution >= 4 is 16.9 Å². The van der Waals surface area contributed by atoms with Gasteiger partial charge < -0.3 is 9.84 Å². The van der Waals surface area contributed by atoms with Crippen molar-refractivity contribution in [3.8, 4) is 5.88 Å². The number of carboxylic acid groups (broad SMARTS) is 1. The second-order valence-electron chi connectivity index (χ2n) is 3.54. The smallest absolute Gasteiger partial charge is 0.344 e. The van der Waals surface area contributed by atoms with Gasteiger partial charge in [-0.05, 0) is 19.1 Å². The number of rotatable bonds is 3. The Kier molecular flexibility index (Phi) is 2.52. The van der Waals surface area contributed by atoms with Crippen molar-refractivity contribution in [3.63, 3.8) is 0 Å². The van der Waals surface area contributed by atoms with E-state index in [1.807, 2.05) is 24.3 Å². The summed E-state index contributed by atoms with van der Waals surface area (Å²) >= 11 is 0. The maximum absolute atomic E-state index is 10.7. The molecule has 0 fully saturated rings. The zero-order chi connectivity index (χ0) is 11.7. The predicted molar refractivity (Wildman–Crippen MR) is 58.4 cm³/mol. The topological polar surface area (TPSA) is 64.4 Å². The lowest BCUT2D eigenvalue weighted by atomic mass is 10.2. The minimum atomic E-state index is -1.00. The van der Waals surface area contributed by atoms with E-state index in [2.05, 4.69) is 5.10 Å². The molecule has 0 spiro atoms. The highest BCUT2D eigenvalue weighted by molar-refractivity contribution is 5.85. The number of hydrogen-bond donors (Lipinski definition) is 1. The van der Waals surface area contributed by atoms with Crippen LogP contribution in [0.15, 0.2) is 24.3 Å². The van der Waals surface area contributed by atoms with E-state index in [-0.39, 0.29) is 0 Å². The Morgan fingerprint density at radius 2 is 2.19 bits per heavy atom. The number of carbonyl (C=O) groups is 1. The summed E-state index contributed by atoms with van der Waals surface area (Å²) in [5, 5.41) is 13.7. The van der Waals surface area contributed by atoms with Crippen LogP contribution < -0.4 is 4.74 Å². The Morgan fingerprint density at radius 3 is 2.88 bits per heavy atom. The zero-order valence-electron chi connectivity index (χ0n) is 9.04. The van der Waals surface area contributed by atoms with Gasteiger partial charge >= 0.3 is 5.97 Å². The normalized spacial score (nSPS) is 12.6. The summed E-state index contributed by atoms with van der Waals surface area (Å²) in [6.45, 7) is 1.48. The van der Waals surface area contributed by atoms with E-state index in [4.69, 9.17) is 9.84 Å². The number of aliphatic carboxylic acids is 1. The number of ether oxygens (including phenoxy) is 1. The summed E-state index contributed by atoms with van der Waals surface area (Å²) in [6.07, 6.45) is -0.904. The molecular weight excluding hydrogens is 208 g/mol. The van der Waals surface area contributed by atoms with Gasteiger partial charge in [-0.3, -0.25) is 4.68 Å². The molecular formula is C11H12N2O3. The number of benzene rings is 1. The van der Waals surface area contributed by atoms with Crippen LogP contribution in [0.4, 0.5) is 0 Å². The molecule has 1 aromatic carbocycles. The van der Waals surface area contributed by atoms with Crippen LogP contribution in [0.1, 0.15) is 6.92 Å². The van der Waals surface area contributed by atoms with Gasteiger partial charge in [-0.15, -0.1) is 5.10 Å². The van der Waals surface area contributed by atoms with Crippen molar-refractivity contribution in [1.82, 2.24) is 9.78 Å². The molecule has 1 heterocycles. The third-order valence-corrected chi connectivity index (χ3v) is 2.36. The summed E-state index contributed by atoms with van der Waals surface area (Å²) < 4.78 is 6.94. The Balaban J connectivity index is 2.42. The molecule has 5 heteroatoms. The molecule has 0 aliphatic rings. The molecule has 0 bridgehead atoms. The van der Waals surface area contributed by atoms with E-state index in [9.17, 15) is 4.79 Å². The molecule has 5 nitrogen and oxygen atoms in total. The highest BCUT2D eigenvalue weighted by Gasteiger charge is 2.16. The third kappa shape index (κ3) is 1.71. The van der Waals surface area contributed by atoms with Gasteiger partial charge in [-0.2, -0.15) is 0 Å². The van der Waals surface area contributed by atoms with Crippen molar-refractivity contribution in [2.75, 3.05) is 0 Å². The molecule has 2 rings (SSSR count). The van der Waals surface area contributed by atoms with Crippen LogP contribution in [-0.2, 0) is 11.8 Å². The van der Waals surface area contributed by atoms with Crippen molar-refractivity contribution in [2.45, 2.75) is 13.0 Å². The van der Waals surface area contributed by atoms with Gasteiger partial charge in [0, 0.05) is 7.05 Å². The molecule has 0 aliphatic carbocycles. The lowest BCUT2D eigenvalue weighted by Gasteiger charge is -2.06. The number of fused-ring (bicyclic) bond motifs is 1. The fraction of sp³-hybridized carbons (Fsp3) is 0.273.